The Morgan fingerprint density at radius 3 is 2.41 bits per heavy atom. The minimum atomic E-state index is -3.59. The van der Waals surface area contributed by atoms with Crippen molar-refractivity contribution in [2.24, 2.45) is 0 Å². The van der Waals surface area contributed by atoms with Gasteiger partial charge in [-0.3, -0.25) is 9.10 Å². The molecular formula is C19H22N2O5S. The minimum Gasteiger partial charge on any atom is -0.465 e. The first kappa shape index (κ1) is 20.4. The second-order valence-corrected chi connectivity index (χ2v) is 7.80. The number of hydrogen-bond donors (Lipinski definition) is 1. The average molecular weight is 390 g/mol. The molecule has 7 nitrogen and oxygen atoms in total. The number of rotatable bonds is 8. The Balaban J connectivity index is 2.03. The van der Waals surface area contributed by atoms with Crippen molar-refractivity contribution in [1.82, 2.24) is 5.32 Å². The van der Waals surface area contributed by atoms with Gasteiger partial charge in [0.25, 0.3) is 0 Å². The van der Waals surface area contributed by atoms with E-state index in [1.807, 2.05) is 30.3 Å². The van der Waals surface area contributed by atoms with Gasteiger partial charge in [0.05, 0.1) is 37.6 Å². The van der Waals surface area contributed by atoms with Gasteiger partial charge in [-0.1, -0.05) is 36.4 Å². The largest absolute Gasteiger partial charge is 0.465 e. The Hall–Kier alpha value is -2.87. The van der Waals surface area contributed by atoms with Crippen molar-refractivity contribution >= 4 is 27.6 Å². The molecule has 0 atom stereocenters. The van der Waals surface area contributed by atoms with Crippen LogP contribution >= 0.6 is 0 Å². The van der Waals surface area contributed by atoms with E-state index in [-0.39, 0.29) is 31.0 Å². The zero-order valence-corrected chi connectivity index (χ0v) is 16.0. The first-order valence-electron chi connectivity index (χ1n) is 8.28. The van der Waals surface area contributed by atoms with Crippen LogP contribution in [0.5, 0.6) is 0 Å². The fourth-order valence-electron chi connectivity index (χ4n) is 2.53. The molecule has 0 unspecified atom stereocenters. The first-order valence-corrected chi connectivity index (χ1v) is 10.1. The molecule has 1 N–H and O–H groups in total. The van der Waals surface area contributed by atoms with E-state index in [0.717, 1.165) is 16.1 Å². The molecule has 0 aromatic heterocycles. The van der Waals surface area contributed by atoms with Gasteiger partial charge < -0.3 is 10.1 Å². The SMILES string of the molecule is COC(=O)c1cccc(N(CCNC(=O)Cc2ccccc2)S(C)(=O)=O)c1. The van der Waals surface area contributed by atoms with Gasteiger partial charge in [-0.05, 0) is 23.8 Å². The molecule has 0 aliphatic heterocycles. The molecule has 8 heteroatoms. The van der Waals surface area contributed by atoms with Crippen LogP contribution in [0, 0.1) is 0 Å². The standard InChI is InChI=1S/C19H22N2O5S/c1-26-19(23)16-9-6-10-17(14-16)21(27(2,24)25)12-11-20-18(22)13-15-7-4-3-5-8-15/h3-10,14H,11-13H2,1-2H3,(H,20,22). The van der Waals surface area contributed by atoms with Crippen LogP contribution in [0.2, 0.25) is 0 Å². The molecule has 0 bridgehead atoms. The monoisotopic (exact) mass is 390 g/mol. The Kier molecular flexibility index (Phi) is 6.95. The van der Waals surface area contributed by atoms with E-state index in [1.54, 1.807) is 12.1 Å². The number of carbonyl (C=O) groups excluding carboxylic acids is 2. The third-order valence-corrected chi connectivity index (χ3v) is 4.99. The zero-order valence-electron chi connectivity index (χ0n) is 15.2. The van der Waals surface area contributed by atoms with Gasteiger partial charge in [0.1, 0.15) is 0 Å². The lowest BCUT2D eigenvalue weighted by atomic mass is 10.1. The number of benzene rings is 2. The van der Waals surface area contributed by atoms with Gasteiger partial charge in [0, 0.05) is 6.54 Å². The van der Waals surface area contributed by atoms with Gasteiger partial charge in [0.15, 0.2) is 0 Å². The van der Waals surface area contributed by atoms with Crippen molar-refractivity contribution in [2.75, 3.05) is 30.8 Å². The summed E-state index contributed by atoms with van der Waals surface area (Å²) in [4.78, 5) is 23.7. The Morgan fingerprint density at radius 2 is 1.78 bits per heavy atom. The van der Waals surface area contributed by atoms with E-state index in [4.69, 9.17) is 0 Å². The van der Waals surface area contributed by atoms with Crippen LogP contribution in [0.25, 0.3) is 0 Å². The topological polar surface area (TPSA) is 92.8 Å². The summed E-state index contributed by atoms with van der Waals surface area (Å²) in [6.45, 7) is 0.186. The number of sulfonamides is 1. The number of amides is 1. The third kappa shape index (κ3) is 6.10. The summed E-state index contributed by atoms with van der Waals surface area (Å²) in [5.41, 5.74) is 1.45. The van der Waals surface area contributed by atoms with Crippen molar-refractivity contribution in [3.05, 3.63) is 65.7 Å². The summed E-state index contributed by atoms with van der Waals surface area (Å²) in [7, 11) is -2.34. The molecule has 2 aromatic rings. The van der Waals surface area contributed by atoms with E-state index < -0.39 is 16.0 Å². The maximum absolute atomic E-state index is 12.1. The molecule has 0 radical (unpaired) electrons. The van der Waals surface area contributed by atoms with E-state index in [9.17, 15) is 18.0 Å². The zero-order chi connectivity index (χ0) is 19.9. The average Bonchev–Trinajstić information content (AvgIpc) is 2.64. The van der Waals surface area contributed by atoms with Crippen LogP contribution in [0.15, 0.2) is 54.6 Å². The molecule has 0 fully saturated rings. The molecule has 0 saturated carbocycles. The van der Waals surface area contributed by atoms with Gasteiger partial charge in [-0.2, -0.15) is 0 Å². The lowest BCUT2D eigenvalue weighted by Crippen LogP contribution is -2.38. The summed E-state index contributed by atoms with van der Waals surface area (Å²) in [6, 6.07) is 15.4. The van der Waals surface area contributed by atoms with Crippen molar-refractivity contribution in [2.45, 2.75) is 6.42 Å². The molecule has 0 aliphatic rings. The molecule has 144 valence electrons. The molecule has 1 amide bonds. The van der Waals surface area contributed by atoms with Crippen LogP contribution < -0.4 is 9.62 Å². The number of carbonyl (C=O) groups is 2. The lowest BCUT2D eigenvalue weighted by Gasteiger charge is -2.23. The van der Waals surface area contributed by atoms with Crippen molar-refractivity contribution in [3.8, 4) is 0 Å². The van der Waals surface area contributed by atoms with Crippen LogP contribution in [0.4, 0.5) is 5.69 Å². The molecule has 0 saturated heterocycles. The number of ether oxygens (including phenoxy) is 1. The Bertz CT molecular complexity index is 897. The summed E-state index contributed by atoms with van der Waals surface area (Å²) in [5.74, 6) is -0.751. The maximum Gasteiger partial charge on any atom is 0.337 e. The van der Waals surface area contributed by atoms with Gasteiger partial charge in [-0.15, -0.1) is 0 Å². The second kappa shape index (κ2) is 9.18. The van der Waals surface area contributed by atoms with Crippen LogP contribution in [-0.4, -0.2) is 46.7 Å². The quantitative estimate of drug-likeness (QED) is 0.691. The number of esters is 1. The van der Waals surface area contributed by atoms with Crippen molar-refractivity contribution in [3.63, 3.8) is 0 Å². The van der Waals surface area contributed by atoms with Gasteiger partial charge in [-0.25, -0.2) is 13.2 Å². The highest BCUT2D eigenvalue weighted by molar-refractivity contribution is 7.92. The number of anilines is 1. The highest BCUT2D eigenvalue weighted by atomic mass is 32.2. The minimum absolute atomic E-state index is 0.0456. The van der Waals surface area contributed by atoms with E-state index in [2.05, 4.69) is 10.1 Å². The summed E-state index contributed by atoms with van der Waals surface area (Å²) >= 11 is 0. The van der Waals surface area contributed by atoms with E-state index in [1.165, 1.54) is 19.2 Å². The molecular weight excluding hydrogens is 368 g/mol. The van der Waals surface area contributed by atoms with Crippen molar-refractivity contribution in [1.29, 1.82) is 0 Å². The van der Waals surface area contributed by atoms with Crippen molar-refractivity contribution < 1.29 is 22.7 Å². The summed E-state index contributed by atoms with van der Waals surface area (Å²) in [5, 5.41) is 2.72. The first-order chi connectivity index (χ1) is 12.8. The smallest absolute Gasteiger partial charge is 0.337 e. The molecule has 0 spiro atoms. The van der Waals surface area contributed by atoms with Crippen LogP contribution in [-0.2, 0) is 26.0 Å². The fraction of sp³-hybridized carbons (Fsp3) is 0.263. The third-order valence-electron chi connectivity index (χ3n) is 3.80. The molecule has 0 heterocycles. The Morgan fingerprint density at radius 1 is 1.07 bits per heavy atom. The number of methoxy groups -OCH3 is 1. The van der Waals surface area contributed by atoms with Gasteiger partial charge in [0.2, 0.25) is 15.9 Å². The normalized spacial score (nSPS) is 10.9. The molecule has 27 heavy (non-hydrogen) atoms. The van der Waals surface area contributed by atoms with Crippen LogP contribution in [0.3, 0.4) is 0 Å². The lowest BCUT2D eigenvalue weighted by molar-refractivity contribution is -0.120. The van der Waals surface area contributed by atoms with Crippen LogP contribution in [0.1, 0.15) is 15.9 Å². The number of nitrogens with one attached hydrogen (secondary N) is 1. The maximum atomic E-state index is 12.1. The predicted molar refractivity (Wildman–Crippen MR) is 103 cm³/mol. The molecule has 2 aromatic carbocycles. The summed E-state index contributed by atoms with van der Waals surface area (Å²) in [6.07, 6.45) is 1.29. The molecule has 2 rings (SSSR count). The number of hydrogen-bond acceptors (Lipinski definition) is 5. The highest BCUT2D eigenvalue weighted by Gasteiger charge is 2.19. The van der Waals surface area contributed by atoms with Gasteiger partial charge >= 0.3 is 5.97 Å². The Labute approximate surface area is 159 Å². The highest BCUT2D eigenvalue weighted by Crippen LogP contribution is 2.19. The van der Waals surface area contributed by atoms with E-state index >= 15 is 0 Å². The summed E-state index contributed by atoms with van der Waals surface area (Å²) < 4.78 is 30.1. The predicted octanol–water partition coefficient (Wildman–Crippen LogP) is 1.60. The number of nitrogens with zero attached hydrogens (tertiary/aromatic N) is 1. The fourth-order valence-corrected chi connectivity index (χ4v) is 3.45. The molecule has 0 aliphatic carbocycles. The van der Waals surface area contributed by atoms with E-state index in [0.29, 0.717) is 5.69 Å². The second-order valence-electron chi connectivity index (χ2n) is 5.89.